The van der Waals surface area contributed by atoms with E-state index in [0.717, 1.165) is 6.07 Å². The molecule has 2 N–H and O–H groups in total. The summed E-state index contributed by atoms with van der Waals surface area (Å²) in [5, 5.41) is 8.79. The SMILES string of the molecule is CC(C)(C)OC(=O)N=CC(=CN)c1cccc(OCc2ccc(C#N)cc2F)n1. The first-order valence-electron chi connectivity index (χ1n) is 8.69. The summed E-state index contributed by atoms with van der Waals surface area (Å²) < 4.78 is 24.6. The molecular formula is C21H21FN4O3. The third kappa shape index (κ3) is 6.74. The molecule has 0 fully saturated rings. The van der Waals surface area contributed by atoms with Gasteiger partial charge in [0.25, 0.3) is 0 Å². The first kappa shape index (κ1) is 21.6. The van der Waals surface area contributed by atoms with Crippen molar-refractivity contribution >= 4 is 17.9 Å². The van der Waals surface area contributed by atoms with Gasteiger partial charge in [0.15, 0.2) is 0 Å². The molecule has 7 nitrogen and oxygen atoms in total. The monoisotopic (exact) mass is 396 g/mol. The predicted octanol–water partition coefficient (Wildman–Crippen LogP) is 3.98. The summed E-state index contributed by atoms with van der Waals surface area (Å²) in [6, 6.07) is 10.9. The molecule has 0 radical (unpaired) electrons. The molecule has 0 saturated heterocycles. The highest BCUT2D eigenvalue weighted by Crippen LogP contribution is 2.17. The molecule has 8 heteroatoms. The Morgan fingerprint density at radius 1 is 1.34 bits per heavy atom. The van der Waals surface area contributed by atoms with Gasteiger partial charge in [-0.05, 0) is 39.0 Å². The van der Waals surface area contributed by atoms with Crippen LogP contribution in [0.2, 0.25) is 0 Å². The second-order valence-electron chi connectivity index (χ2n) is 6.93. The number of aliphatic imine (C=N–C) groups is 1. The zero-order chi connectivity index (χ0) is 21.4. The van der Waals surface area contributed by atoms with Crippen LogP contribution < -0.4 is 10.5 Å². The number of hydrogen-bond donors (Lipinski definition) is 1. The molecule has 2 rings (SSSR count). The van der Waals surface area contributed by atoms with Crippen molar-refractivity contribution in [3.63, 3.8) is 0 Å². The number of nitriles is 1. The molecule has 0 bridgehead atoms. The lowest BCUT2D eigenvalue weighted by atomic mass is 10.1. The number of allylic oxidation sites excluding steroid dienone is 1. The molecule has 0 saturated carbocycles. The molecule has 0 unspecified atom stereocenters. The van der Waals surface area contributed by atoms with Gasteiger partial charge in [-0.1, -0.05) is 12.1 Å². The minimum Gasteiger partial charge on any atom is -0.473 e. The number of amides is 1. The maximum atomic E-state index is 14.0. The van der Waals surface area contributed by atoms with Gasteiger partial charge < -0.3 is 15.2 Å². The lowest BCUT2D eigenvalue weighted by Crippen LogP contribution is -2.21. The number of nitrogens with two attached hydrogens (primary N) is 1. The van der Waals surface area contributed by atoms with Gasteiger partial charge in [0.1, 0.15) is 18.0 Å². The van der Waals surface area contributed by atoms with Crippen molar-refractivity contribution in [2.24, 2.45) is 10.7 Å². The van der Waals surface area contributed by atoms with Crippen LogP contribution in [0, 0.1) is 17.1 Å². The van der Waals surface area contributed by atoms with Crippen LogP contribution in [-0.2, 0) is 11.3 Å². The lowest BCUT2D eigenvalue weighted by molar-refractivity contribution is 0.0605. The predicted molar refractivity (Wildman–Crippen MR) is 107 cm³/mol. The molecular weight excluding hydrogens is 375 g/mol. The summed E-state index contributed by atoms with van der Waals surface area (Å²) >= 11 is 0. The Bertz CT molecular complexity index is 988. The number of pyridine rings is 1. The van der Waals surface area contributed by atoms with E-state index in [-0.39, 0.29) is 23.6 Å². The van der Waals surface area contributed by atoms with E-state index in [4.69, 9.17) is 20.5 Å². The molecule has 0 aliphatic heterocycles. The van der Waals surface area contributed by atoms with E-state index in [9.17, 15) is 9.18 Å². The minimum atomic E-state index is -0.749. The number of aromatic nitrogens is 1. The standard InChI is InChI=1S/C21H21FN4O3/c1-21(2,3)29-20(27)25-12-16(11-24)18-5-4-6-19(26-18)28-13-15-8-7-14(10-23)9-17(15)22/h4-9,11-12H,13,24H2,1-3H3. The first-order valence-corrected chi connectivity index (χ1v) is 8.69. The number of halogens is 1. The molecule has 1 aromatic heterocycles. The molecule has 1 heterocycles. The largest absolute Gasteiger partial charge is 0.473 e. The van der Waals surface area contributed by atoms with Crippen LogP contribution in [0.15, 0.2) is 47.6 Å². The van der Waals surface area contributed by atoms with E-state index >= 15 is 0 Å². The third-order valence-corrected chi connectivity index (χ3v) is 3.46. The Balaban J connectivity index is 2.09. The summed E-state index contributed by atoms with van der Waals surface area (Å²) in [5.74, 6) is -0.302. The Hall–Kier alpha value is -3.73. The maximum Gasteiger partial charge on any atom is 0.434 e. The smallest absolute Gasteiger partial charge is 0.434 e. The van der Waals surface area contributed by atoms with Crippen LogP contribution >= 0.6 is 0 Å². The van der Waals surface area contributed by atoms with Crippen LogP contribution in [0.5, 0.6) is 5.88 Å². The van der Waals surface area contributed by atoms with Crippen molar-refractivity contribution < 1.29 is 18.7 Å². The Labute approximate surface area is 168 Å². The van der Waals surface area contributed by atoms with Gasteiger partial charge in [0.05, 0.1) is 17.3 Å². The van der Waals surface area contributed by atoms with Gasteiger partial charge in [-0.3, -0.25) is 0 Å². The van der Waals surface area contributed by atoms with Crippen molar-refractivity contribution in [3.8, 4) is 11.9 Å². The Morgan fingerprint density at radius 3 is 2.72 bits per heavy atom. The fourth-order valence-electron chi connectivity index (χ4n) is 2.15. The topological polar surface area (TPSA) is 111 Å². The van der Waals surface area contributed by atoms with Gasteiger partial charge in [-0.25, -0.2) is 14.2 Å². The van der Waals surface area contributed by atoms with Crippen LogP contribution in [0.4, 0.5) is 9.18 Å². The molecule has 0 spiro atoms. The van der Waals surface area contributed by atoms with Gasteiger partial charge in [0.2, 0.25) is 5.88 Å². The quantitative estimate of drug-likeness (QED) is 0.766. The summed E-state index contributed by atoms with van der Waals surface area (Å²) in [6.07, 6.45) is 1.75. The average molecular weight is 396 g/mol. The van der Waals surface area contributed by atoms with Crippen LogP contribution in [0.3, 0.4) is 0 Å². The van der Waals surface area contributed by atoms with Gasteiger partial charge in [-0.2, -0.15) is 10.3 Å². The summed E-state index contributed by atoms with van der Waals surface area (Å²) in [5.41, 5.74) is 6.27. The molecule has 0 aliphatic carbocycles. The summed E-state index contributed by atoms with van der Waals surface area (Å²) in [4.78, 5) is 19.7. The van der Waals surface area contributed by atoms with Crippen molar-refractivity contribution in [2.75, 3.05) is 0 Å². The van der Waals surface area contributed by atoms with Crippen molar-refractivity contribution in [1.82, 2.24) is 4.98 Å². The van der Waals surface area contributed by atoms with Crippen LogP contribution in [0.1, 0.15) is 37.6 Å². The molecule has 150 valence electrons. The molecule has 29 heavy (non-hydrogen) atoms. The number of ether oxygens (including phenoxy) is 2. The van der Waals surface area contributed by atoms with E-state index in [1.54, 1.807) is 39.0 Å². The van der Waals surface area contributed by atoms with Crippen LogP contribution in [-0.4, -0.2) is 22.9 Å². The molecule has 2 aromatic rings. The number of carbonyl (C=O) groups is 1. The highest BCUT2D eigenvalue weighted by atomic mass is 19.1. The van der Waals surface area contributed by atoms with E-state index in [0.29, 0.717) is 11.3 Å². The first-order chi connectivity index (χ1) is 13.7. The fourth-order valence-corrected chi connectivity index (χ4v) is 2.15. The minimum absolute atomic E-state index is 0.0678. The number of carbonyl (C=O) groups excluding carboxylic acids is 1. The normalized spacial score (nSPS) is 11.9. The third-order valence-electron chi connectivity index (χ3n) is 3.46. The highest BCUT2D eigenvalue weighted by molar-refractivity contribution is 6.11. The Kier molecular flexibility index (Phi) is 7.04. The summed E-state index contributed by atoms with van der Waals surface area (Å²) in [6.45, 7) is 5.14. The second-order valence-corrected chi connectivity index (χ2v) is 6.93. The highest BCUT2D eigenvalue weighted by Gasteiger charge is 2.15. The van der Waals surface area contributed by atoms with Gasteiger partial charge >= 0.3 is 6.09 Å². The molecule has 0 atom stereocenters. The average Bonchev–Trinajstić information content (AvgIpc) is 2.66. The van der Waals surface area contributed by atoms with E-state index in [1.165, 1.54) is 24.5 Å². The fraction of sp³-hybridized carbons (Fsp3) is 0.238. The zero-order valence-corrected chi connectivity index (χ0v) is 16.3. The lowest BCUT2D eigenvalue weighted by Gasteiger charge is -2.17. The number of benzene rings is 1. The van der Waals surface area contributed by atoms with E-state index < -0.39 is 17.5 Å². The number of hydrogen-bond acceptors (Lipinski definition) is 6. The molecule has 0 aliphatic rings. The number of nitrogens with zero attached hydrogens (tertiary/aromatic N) is 3. The van der Waals surface area contributed by atoms with Gasteiger partial charge in [-0.15, -0.1) is 0 Å². The molecule has 1 amide bonds. The van der Waals surface area contributed by atoms with E-state index in [2.05, 4.69) is 9.98 Å². The summed E-state index contributed by atoms with van der Waals surface area (Å²) in [7, 11) is 0. The number of rotatable bonds is 5. The zero-order valence-electron chi connectivity index (χ0n) is 16.3. The molecule has 1 aromatic carbocycles. The van der Waals surface area contributed by atoms with E-state index in [1.807, 2.05) is 6.07 Å². The van der Waals surface area contributed by atoms with Crippen LogP contribution in [0.25, 0.3) is 5.57 Å². The van der Waals surface area contributed by atoms with Crippen molar-refractivity contribution in [2.45, 2.75) is 33.0 Å². The second kappa shape index (κ2) is 9.46. The van der Waals surface area contributed by atoms with Gasteiger partial charge in [0, 0.05) is 29.6 Å². The maximum absolute atomic E-state index is 14.0. The Morgan fingerprint density at radius 2 is 2.10 bits per heavy atom. The van der Waals surface area contributed by atoms with Crippen molar-refractivity contribution in [3.05, 3.63) is 65.2 Å². The van der Waals surface area contributed by atoms with Crippen molar-refractivity contribution in [1.29, 1.82) is 5.26 Å².